The molecule has 0 saturated heterocycles. The third-order valence-corrected chi connectivity index (χ3v) is 3.92. The van der Waals surface area contributed by atoms with Crippen LogP contribution in [-0.2, 0) is 10.0 Å². The number of hydrogen-bond donors (Lipinski definition) is 2. The van der Waals surface area contributed by atoms with Crippen molar-refractivity contribution < 1.29 is 8.42 Å². The summed E-state index contributed by atoms with van der Waals surface area (Å²) < 4.78 is 22.4. The summed E-state index contributed by atoms with van der Waals surface area (Å²) in [6.07, 6.45) is 1.74. The number of primary sulfonamides is 1. The molecule has 0 spiro atoms. The van der Waals surface area contributed by atoms with Crippen LogP contribution in [-0.4, -0.2) is 13.4 Å². The Kier molecular flexibility index (Phi) is 4.06. The summed E-state index contributed by atoms with van der Waals surface area (Å²) in [5.41, 5.74) is 2.08. The van der Waals surface area contributed by atoms with Crippen molar-refractivity contribution in [2.24, 2.45) is 5.14 Å². The zero-order chi connectivity index (χ0) is 14.8. The fourth-order valence-corrected chi connectivity index (χ4v) is 2.38. The molecule has 0 radical (unpaired) electrons. The van der Waals surface area contributed by atoms with Crippen molar-refractivity contribution >= 4 is 15.8 Å². The number of benzene rings is 1. The first kappa shape index (κ1) is 14.5. The highest BCUT2D eigenvalue weighted by atomic mass is 32.2. The number of sulfonamides is 1. The Morgan fingerprint density at radius 1 is 1.20 bits per heavy atom. The van der Waals surface area contributed by atoms with Crippen LogP contribution in [0.25, 0.3) is 0 Å². The van der Waals surface area contributed by atoms with Crippen molar-refractivity contribution in [2.75, 3.05) is 5.32 Å². The first-order valence-corrected chi connectivity index (χ1v) is 7.73. The van der Waals surface area contributed by atoms with Crippen LogP contribution in [0.4, 0.5) is 5.82 Å². The number of rotatable bonds is 4. The van der Waals surface area contributed by atoms with E-state index < -0.39 is 10.0 Å². The molecule has 6 heteroatoms. The lowest BCUT2D eigenvalue weighted by molar-refractivity contribution is 0.597. The van der Waals surface area contributed by atoms with Gasteiger partial charge < -0.3 is 5.32 Å². The fourth-order valence-electron chi connectivity index (χ4n) is 1.87. The lowest BCUT2D eigenvalue weighted by Crippen LogP contribution is -2.13. The van der Waals surface area contributed by atoms with E-state index in [2.05, 4.69) is 10.3 Å². The number of anilines is 1. The summed E-state index contributed by atoms with van der Waals surface area (Å²) in [6, 6.07) is 10.4. The van der Waals surface area contributed by atoms with Gasteiger partial charge in [0.1, 0.15) is 5.82 Å². The number of hydrogen-bond acceptors (Lipinski definition) is 4. The molecule has 106 valence electrons. The molecule has 1 aromatic heterocycles. The van der Waals surface area contributed by atoms with E-state index in [0.29, 0.717) is 0 Å². The standard InChI is InChI=1S/C14H17N3O2S/c1-10-7-8-16-14(9-10)17-11(2)12-3-5-13(6-4-12)20(15,18)19/h3-9,11H,1-2H3,(H,16,17)(H2,15,18,19). The Labute approximate surface area is 118 Å². The van der Waals surface area contributed by atoms with Gasteiger partial charge in [0, 0.05) is 12.2 Å². The minimum absolute atomic E-state index is 0.0128. The van der Waals surface area contributed by atoms with Crippen LogP contribution >= 0.6 is 0 Å². The molecule has 0 saturated carbocycles. The summed E-state index contributed by atoms with van der Waals surface area (Å²) in [4.78, 5) is 4.35. The van der Waals surface area contributed by atoms with E-state index in [1.54, 1.807) is 18.3 Å². The summed E-state index contributed by atoms with van der Waals surface area (Å²) in [5, 5.41) is 8.34. The van der Waals surface area contributed by atoms with E-state index >= 15 is 0 Å². The average molecular weight is 291 g/mol. The van der Waals surface area contributed by atoms with Gasteiger partial charge >= 0.3 is 0 Å². The molecule has 0 fully saturated rings. The Morgan fingerprint density at radius 2 is 1.85 bits per heavy atom. The summed E-state index contributed by atoms with van der Waals surface area (Å²) in [6.45, 7) is 3.98. The van der Waals surface area contributed by atoms with Gasteiger partial charge in [-0.05, 0) is 49.2 Å². The second-order valence-corrected chi connectivity index (χ2v) is 6.26. The molecule has 0 amide bonds. The summed E-state index contributed by atoms with van der Waals surface area (Å²) in [5.74, 6) is 0.785. The number of pyridine rings is 1. The van der Waals surface area contributed by atoms with Gasteiger partial charge in [-0.3, -0.25) is 0 Å². The zero-order valence-electron chi connectivity index (χ0n) is 11.4. The lowest BCUT2D eigenvalue weighted by Gasteiger charge is -2.15. The van der Waals surface area contributed by atoms with Crippen molar-refractivity contribution in [2.45, 2.75) is 24.8 Å². The SMILES string of the molecule is Cc1ccnc(NC(C)c2ccc(S(N)(=O)=O)cc2)c1. The van der Waals surface area contributed by atoms with Crippen molar-refractivity contribution in [3.05, 3.63) is 53.7 Å². The molecule has 5 nitrogen and oxygen atoms in total. The normalized spacial score (nSPS) is 12.9. The smallest absolute Gasteiger partial charge is 0.238 e. The highest BCUT2D eigenvalue weighted by Gasteiger charge is 2.10. The number of aromatic nitrogens is 1. The number of nitrogens with zero attached hydrogens (tertiary/aromatic N) is 1. The first-order valence-electron chi connectivity index (χ1n) is 6.18. The Balaban J connectivity index is 2.15. The fraction of sp³-hybridized carbons (Fsp3) is 0.214. The average Bonchev–Trinajstić information content (AvgIpc) is 2.38. The van der Waals surface area contributed by atoms with Gasteiger partial charge in [0.2, 0.25) is 10.0 Å². The lowest BCUT2D eigenvalue weighted by atomic mass is 10.1. The van der Waals surface area contributed by atoms with Gasteiger partial charge in [-0.2, -0.15) is 0 Å². The largest absolute Gasteiger partial charge is 0.364 e. The van der Waals surface area contributed by atoms with Crippen LogP contribution in [0.3, 0.4) is 0 Å². The minimum Gasteiger partial charge on any atom is -0.364 e. The van der Waals surface area contributed by atoms with E-state index in [0.717, 1.165) is 16.9 Å². The maximum Gasteiger partial charge on any atom is 0.238 e. The first-order chi connectivity index (χ1) is 9.36. The maximum absolute atomic E-state index is 11.2. The van der Waals surface area contributed by atoms with E-state index in [9.17, 15) is 8.42 Å². The Morgan fingerprint density at radius 3 is 2.40 bits per heavy atom. The van der Waals surface area contributed by atoms with Gasteiger partial charge in [-0.1, -0.05) is 12.1 Å². The third-order valence-electron chi connectivity index (χ3n) is 2.99. The highest BCUT2D eigenvalue weighted by Crippen LogP contribution is 2.19. The predicted octanol–water partition coefficient (Wildman–Crippen LogP) is 2.21. The summed E-state index contributed by atoms with van der Waals surface area (Å²) >= 11 is 0. The number of nitrogens with one attached hydrogen (secondary N) is 1. The van der Waals surface area contributed by atoms with Crippen LogP contribution in [0, 0.1) is 6.92 Å². The minimum atomic E-state index is -3.64. The molecule has 1 heterocycles. The molecule has 2 rings (SSSR count). The second-order valence-electron chi connectivity index (χ2n) is 4.70. The molecule has 0 aliphatic carbocycles. The molecule has 1 aromatic carbocycles. The molecular formula is C14H17N3O2S. The van der Waals surface area contributed by atoms with Gasteiger partial charge in [-0.25, -0.2) is 18.5 Å². The van der Waals surface area contributed by atoms with Crippen LogP contribution < -0.4 is 10.5 Å². The van der Waals surface area contributed by atoms with Crippen LogP contribution in [0.5, 0.6) is 0 Å². The third kappa shape index (κ3) is 3.55. The van der Waals surface area contributed by atoms with Gasteiger partial charge in [0.25, 0.3) is 0 Å². The molecular weight excluding hydrogens is 274 g/mol. The van der Waals surface area contributed by atoms with E-state index in [1.807, 2.05) is 26.0 Å². The number of aryl methyl sites for hydroxylation is 1. The molecule has 0 bridgehead atoms. The predicted molar refractivity (Wildman–Crippen MR) is 78.8 cm³/mol. The molecule has 0 aliphatic heterocycles. The Bertz CT molecular complexity index is 697. The van der Waals surface area contributed by atoms with Crippen LogP contribution in [0.15, 0.2) is 47.5 Å². The maximum atomic E-state index is 11.2. The van der Waals surface area contributed by atoms with E-state index in [-0.39, 0.29) is 10.9 Å². The Hall–Kier alpha value is -1.92. The topological polar surface area (TPSA) is 85.1 Å². The van der Waals surface area contributed by atoms with Crippen LogP contribution in [0.2, 0.25) is 0 Å². The van der Waals surface area contributed by atoms with Crippen LogP contribution in [0.1, 0.15) is 24.1 Å². The monoisotopic (exact) mass is 291 g/mol. The molecule has 2 aromatic rings. The van der Waals surface area contributed by atoms with Gasteiger partial charge in [0.05, 0.1) is 4.90 Å². The molecule has 1 unspecified atom stereocenters. The highest BCUT2D eigenvalue weighted by molar-refractivity contribution is 7.89. The molecule has 1 atom stereocenters. The van der Waals surface area contributed by atoms with Crippen molar-refractivity contribution in [3.63, 3.8) is 0 Å². The van der Waals surface area contributed by atoms with Crippen molar-refractivity contribution in [1.82, 2.24) is 4.98 Å². The second kappa shape index (κ2) is 5.60. The van der Waals surface area contributed by atoms with Gasteiger partial charge in [-0.15, -0.1) is 0 Å². The quantitative estimate of drug-likeness (QED) is 0.904. The zero-order valence-corrected chi connectivity index (χ0v) is 12.2. The molecule has 0 aliphatic rings. The number of nitrogens with two attached hydrogens (primary N) is 1. The van der Waals surface area contributed by atoms with Crippen molar-refractivity contribution in [3.8, 4) is 0 Å². The molecule has 20 heavy (non-hydrogen) atoms. The van der Waals surface area contributed by atoms with Crippen molar-refractivity contribution in [1.29, 1.82) is 0 Å². The van der Waals surface area contributed by atoms with E-state index in [1.165, 1.54) is 12.1 Å². The van der Waals surface area contributed by atoms with E-state index in [4.69, 9.17) is 5.14 Å². The summed E-state index contributed by atoms with van der Waals surface area (Å²) in [7, 11) is -3.64. The molecule has 3 N–H and O–H groups in total. The van der Waals surface area contributed by atoms with Gasteiger partial charge in [0.15, 0.2) is 0 Å².